The quantitative estimate of drug-likeness (QED) is 0.781. The Morgan fingerprint density at radius 3 is 2.48 bits per heavy atom. The maximum absolute atomic E-state index is 13.4. The predicted octanol–water partition coefficient (Wildman–Crippen LogP) is 2.94. The highest BCUT2D eigenvalue weighted by molar-refractivity contribution is 5.90. The standard InChI is InChI=1S/C18H16FN5O/c1-12(25)23-10-11-24-18(22-23)16(13-2-4-15(19)5-3-13)17(21-24)14-6-8-20-9-7-14/h2-9,22H,10-11H2,1H3. The van der Waals surface area contributed by atoms with Crippen molar-refractivity contribution in [3.8, 4) is 22.4 Å². The van der Waals surface area contributed by atoms with Crippen molar-refractivity contribution in [3.05, 3.63) is 54.6 Å². The van der Waals surface area contributed by atoms with Crippen LogP contribution in [0.4, 0.5) is 10.2 Å². The number of rotatable bonds is 2. The summed E-state index contributed by atoms with van der Waals surface area (Å²) in [4.78, 5) is 15.8. The highest BCUT2D eigenvalue weighted by atomic mass is 19.1. The number of benzene rings is 1. The molecule has 0 bridgehead atoms. The fourth-order valence-electron chi connectivity index (χ4n) is 2.95. The van der Waals surface area contributed by atoms with Gasteiger partial charge in [0.25, 0.3) is 0 Å². The first-order valence-electron chi connectivity index (χ1n) is 7.95. The number of halogens is 1. The number of hydrogen-bond donors (Lipinski definition) is 1. The molecular formula is C18H16FN5O. The van der Waals surface area contributed by atoms with E-state index in [0.29, 0.717) is 13.1 Å². The summed E-state index contributed by atoms with van der Waals surface area (Å²) >= 11 is 0. The number of nitrogens with one attached hydrogen (secondary N) is 1. The second kappa shape index (κ2) is 6.01. The van der Waals surface area contributed by atoms with Crippen LogP contribution in [0.15, 0.2) is 48.8 Å². The first-order chi connectivity index (χ1) is 12.1. The van der Waals surface area contributed by atoms with E-state index in [0.717, 1.165) is 28.2 Å². The van der Waals surface area contributed by atoms with Crippen LogP contribution >= 0.6 is 0 Å². The average molecular weight is 337 g/mol. The molecule has 1 aliphatic rings. The lowest BCUT2D eigenvalue weighted by Gasteiger charge is -2.28. The highest BCUT2D eigenvalue weighted by Crippen LogP contribution is 2.38. The van der Waals surface area contributed by atoms with Crippen LogP contribution in [0.5, 0.6) is 0 Å². The molecule has 1 aromatic carbocycles. The molecule has 25 heavy (non-hydrogen) atoms. The average Bonchev–Trinajstić information content (AvgIpc) is 3.02. The van der Waals surface area contributed by atoms with E-state index < -0.39 is 0 Å². The first-order valence-corrected chi connectivity index (χ1v) is 7.95. The van der Waals surface area contributed by atoms with Crippen LogP contribution in [0, 0.1) is 5.82 Å². The zero-order valence-electron chi connectivity index (χ0n) is 13.6. The van der Waals surface area contributed by atoms with Crippen LogP contribution in [0.1, 0.15) is 6.92 Å². The molecule has 0 spiro atoms. The van der Waals surface area contributed by atoms with Crippen LogP contribution in [0.2, 0.25) is 0 Å². The van der Waals surface area contributed by atoms with E-state index in [9.17, 15) is 9.18 Å². The molecule has 4 rings (SSSR count). The minimum absolute atomic E-state index is 0.0667. The van der Waals surface area contributed by atoms with Gasteiger partial charge in [-0.3, -0.25) is 20.2 Å². The van der Waals surface area contributed by atoms with E-state index in [1.54, 1.807) is 29.5 Å². The number of carbonyl (C=O) groups excluding carboxylic acids is 1. The van der Waals surface area contributed by atoms with Crippen molar-refractivity contribution in [2.45, 2.75) is 13.5 Å². The van der Waals surface area contributed by atoms with E-state index in [1.807, 2.05) is 16.8 Å². The zero-order chi connectivity index (χ0) is 17.4. The number of carbonyl (C=O) groups is 1. The summed E-state index contributed by atoms with van der Waals surface area (Å²) in [5.74, 6) is 0.358. The summed E-state index contributed by atoms with van der Waals surface area (Å²) < 4.78 is 15.2. The monoisotopic (exact) mass is 337 g/mol. The number of amides is 1. The van der Waals surface area contributed by atoms with Crippen LogP contribution in [0.3, 0.4) is 0 Å². The summed E-state index contributed by atoms with van der Waals surface area (Å²) in [5, 5.41) is 6.26. The van der Waals surface area contributed by atoms with E-state index in [4.69, 9.17) is 5.10 Å². The third kappa shape index (κ3) is 2.73. The van der Waals surface area contributed by atoms with Crippen molar-refractivity contribution in [3.63, 3.8) is 0 Å². The second-order valence-corrected chi connectivity index (χ2v) is 5.82. The van der Waals surface area contributed by atoms with E-state index in [2.05, 4.69) is 10.4 Å². The molecule has 6 nitrogen and oxygen atoms in total. The van der Waals surface area contributed by atoms with E-state index in [1.165, 1.54) is 19.1 Å². The Morgan fingerprint density at radius 1 is 1.08 bits per heavy atom. The molecule has 0 fully saturated rings. The molecule has 0 unspecified atom stereocenters. The molecule has 2 aromatic heterocycles. The van der Waals surface area contributed by atoms with Gasteiger partial charge in [-0.2, -0.15) is 5.10 Å². The van der Waals surface area contributed by atoms with Gasteiger partial charge in [-0.25, -0.2) is 9.07 Å². The lowest BCUT2D eigenvalue weighted by Crippen LogP contribution is -2.41. The number of pyridine rings is 1. The van der Waals surface area contributed by atoms with Crippen molar-refractivity contribution >= 4 is 11.7 Å². The number of aromatic nitrogens is 3. The van der Waals surface area contributed by atoms with Gasteiger partial charge in [0.2, 0.25) is 5.91 Å². The Bertz CT molecular complexity index is 921. The minimum atomic E-state index is -0.298. The Morgan fingerprint density at radius 2 is 1.80 bits per heavy atom. The molecule has 1 amide bonds. The Hall–Kier alpha value is -3.22. The third-order valence-corrected chi connectivity index (χ3v) is 4.20. The van der Waals surface area contributed by atoms with Crippen molar-refractivity contribution in [1.29, 1.82) is 0 Å². The van der Waals surface area contributed by atoms with Gasteiger partial charge in [0.15, 0.2) is 5.82 Å². The SMILES string of the molecule is CC(=O)N1CCn2nc(-c3ccncc3)c(-c3ccc(F)cc3)c2N1. The molecule has 0 aliphatic carbocycles. The van der Waals surface area contributed by atoms with E-state index in [-0.39, 0.29) is 11.7 Å². The fraction of sp³-hybridized carbons (Fsp3) is 0.167. The number of hydrazine groups is 1. The van der Waals surface area contributed by atoms with Crippen molar-refractivity contribution in [2.24, 2.45) is 0 Å². The molecule has 1 aliphatic heterocycles. The van der Waals surface area contributed by atoms with Crippen molar-refractivity contribution < 1.29 is 9.18 Å². The molecule has 0 saturated carbocycles. The van der Waals surface area contributed by atoms with Crippen molar-refractivity contribution in [1.82, 2.24) is 19.8 Å². The second-order valence-electron chi connectivity index (χ2n) is 5.82. The lowest BCUT2D eigenvalue weighted by molar-refractivity contribution is -0.128. The summed E-state index contributed by atoms with van der Waals surface area (Å²) in [6, 6.07) is 10.0. The van der Waals surface area contributed by atoms with Crippen LogP contribution in [-0.4, -0.2) is 32.2 Å². The fourth-order valence-corrected chi connectivity index (χ4v) is 2.95. The summed E-state index contributed by atoms with van der Waals surface area (Å²) in [7, 11) is 0. The third-order valence-electron chi connectivity index (χ3n) is 4.20. The Balaban J connectivity index is 1.91. The molecule has 0 atom stereocenters. The predicted molar refractivity (Wildman–Crippen MR) is 91.9 cm³/mol. The molecule has 3 aromatic rings. The number of nitrogens with zero attached hydrogens (tertiary/aromatic N) is 4. The summed E-state index contributed by atoms with van der Waals surface area (Å²) in [5.41, 5.74) is 6.48. The topological polar surface area (TPSA) is 63.1 Å². The smallest absolute Gasteiger partial charge is 0.237 e. The molecule has 0 saturated heterocycles. The molecule has 126 valence electrons. The zero-order valence-corrected chi connectivity index (χ0v) is 13.6. The van der Waals surface area contributed by atoms with Gasteiger partial charge in [-0.05, 0) is 29.8 Å². The maximum Gasteiger partial charge on any atom is 0.237 e. The van der Waals surface area contributed by atoms with Gasteiger partial charge in [0.05, 0.1) is 18.7 Å². The Labute approximate surface area is 143 Å². The molecule has 3 heterocycles. The van der Waals surface area contributed by atoms with Crippen LogP contribution in [-0.2, 0) is 11.3 Å². The van der Waals surface area contributed by atoms with Gasteiger partial charge in [0.1, 0.15) is 11.5 Å². The molecule has 7 heteroatoms. The number of hydrogen-bond acceptors (Lipinski definition) is 4. The molecular weight excluding hydrogens is 321 g/mol. The van der Waals surface area contributed by atoms with Crippen molar-refractivity contribution in [2.75, 3.05) is 12.0 Å². The first kappa shape index (κ1) is 15.3. The Kier molecular flexibility index (Phi) is 3.68. The number of fused-ring (bicyclic) bond motifs is 1. The maximum atomic E-state index is 13.4. The van der Waals surface area contributed by atoms with Crippen LogP contribution < -0.4 is 5.43 Å². The minimum Gasteiger partial charge on any atom is -0.279 e. The van der Waals surface area contributed by atoms with E-state index >= 15 is 0 Å². The molecule has 0 radical (unpaired) electrons. The van der Waals surface area contributed by atoms with Crippen LogP contribution in [0.25, 0.3) is 22.4 Å². The largest absolute Gasteiger partial charge is 0.279 e. The van der Waals surface area contributed by atoms with Gasteiger partial charge < -0.3 is 0 Å². The lowest BCUT2D eigenvalue weighted by atomic mass is 10.0. The molecule has 1 N–H and O–H groups in total. The highest BCUT2D eigenvalue weighted by Gasteiger charge is 2.26. The normalized spacial score (nSPS) is 13.3. The summed E-state index contributed by atoms with van der Waals surface area (Å²) in [6.07, 6.45) is 3.41. The van der Waals surface area contributed by atoms with Gasteiger partial charge in [0, 0.05) is 24.9 Å². The van der Waals surface area contributed by atoms with Gasteiger partial charge in [-0.1, -0.05) is 12.1 Å². The summed E-state index contributed by atoms with van der Waals surface area (Å²) in [6.45, 7) is 2.63. The van der Waals surface area contributed by atoms with Gasteiger partial charge in [-0.15, -0.1) is 0 Å². The number of anilines is 1. The van der Waals surface area contributed by atoms with Gasteiger partial charge >= 0.3 is 0 Å².